The Morgan fingerprint density at radius 1 is 1.25 bits per heavy atom. The molecule has 0 bridgehead atoms. The van der Waals surface area contributed by atoms with E-state index in [-0.39, 0.29) is 29.6 Å². The monoisotopic (exact) mass is 704 g/mol. The first kappa shape index (κ1) is 41.8. The summed E-state index contributed by atoms with van der Waals surface area (Å²) >= 11 is 0. The van der Waals surface area contributed by atoms with E-state index in [9.17, 15) is 9.59 Å². The lowest BCUT2D eigenvalue weighted by molar-refractivity contribution is -0.175. The number of nitrogens with one attached hydrogen (secondary N) is 1. The van der Waals surface area contributed by atoms with E-state index >= 15 is 0 Å². The molecule has 1 aliphatic heterocycles. The number of nitrogens with zero attached hydrogens (tertiary/aromatic N) is 4. The summed E-state index contributed by atoms with van der Waals surface area (Å²) in [5.41, 5.74) is 6.60. The van der Waals surface area contributed by atoms with Crippen LogP contribution in [0.5, 0.6) is 0 Å². The number of hydrogen-bond donors (Lipinski definition) is 2. The number of nitrogen functional groups attached to an aromatic ring is 1. The van der Waals surface area contributed by atoms with Gasteiger partial charge in [-0.25, -0.2) is 0 Å². The Balaban J connectivity index is 1.93. The lowest BCUT2D eigenvalue weighted by Gasteiger charge is -2.47. The molecule has 12 heteroatoms. The number of Topliss-reactive ketones (excluding diaryl/α,β-unsaturated/α-hetero) is 1. The van der Waals surface area contributed by atoms with Gasteiger partial charge in [0.25, 0.3) is 0 Å². The van der Waals surface area contributed by atoms with Gasteiger partial charge >= 0.3 is 5.97 Å². The minimum absolute atomic E-state index is 0.124. The molecule has 1 aromatic carbocycles. The second-order valence-corrected chi connectivity index (χ2v) is 14.9. The van der Waals surface area contributed by atoms with Crippen molar-refractivity contribution in [2.45, 2.75) is 115 Å². The molecule has 3 rings (SSSR count). The van der Waals surface area contributed by atoms with Gasteiger partial charge in [0.1, 0.15) is 37.5 Å². The fourth-order valence-corrected chi connectivity index (χ4v) is 7.78. The highest BCUT2D eigenvalue weighted by Gasteiger charge is 2.50. The van der Waals surface area contributed by atoms with Gasteiger partial charge in [0.15, 0.2) is 5.60 Å². The van der Waals surface area contributed by atoms with Gasteiger partial charge in [0.2, 0.25) is 0 Å². The molecule has 280 valence electrons. The van der Waals surface area contributed by atoms with Gasteiger partial charge in [-0.1, -0.05) is 50.6 Å². The number of rotatable bonds is 12. The highest BCUT2D eigenvalue weighted by Crippen LogP contribution is 2.39. The first-order valence-electron chi connectivity index (χ1n) is 18.4. The number of nitrogens with two attached hydrogens (primary N) is 1. The first-order valence-corrected chi connectivity index (χ1v) is 18.4. The number of hydrogen-bond acceptors (Lipinski definition) is 10. The Hall–Kier alpha value is -3.66. The van der Waals surface area contributed by atoms with Crippen LogP contribution in [0.1, 0.15) is 73.6 Å². The number of likely N-dealkylation sites (N-methyl/N-ethyl adjacent to an activating group) is 1. The van der Waals surface area contributed by atoms with E-state index in [1.807, 2.05) is 69.8 Å². The molecule has 9 atom stereocenters. The maximum absolute atomic E-state index is 13.8. The van der Waals surface area contributed by atoms with Crippen molar-refractivity contribution in [1.29, 1.82) is 0 Å². The number of esters is 1. The SMILES string of the molecule is B[C@@H]1[C@@H](C)C(=O)[C@@H](C)C(=O)O[C@H](CC)[C@@](C)(OC#C)[C@H](NCCCCn2cc(-c3cccc(N)c3)nn2)[C@@H](CC=C)N(C)C[C@H](C)C[C@@]1(C)OC. The van der Waals surface area contributed by atoms with Crippen LogP contribution in [-0.4, -0.2) is 96.1 Å². The van der Waals surface area contributed by atoms with E-state index < -0.39 is 35.1 Å². The minimum Gasteiger partial charge on any atom is -0.457 e. The zero-order valence-corrected chi connectivity index (χ0v) is 32.4. The zero-order valence-electron chi connectivity index (χ0n) is 32.4. The van der Waals surface area contributed by atoms with E-state index in [2.05, 4.69) is 54.1 Å². The van der Waals surface area contributed by atoms with Crippen LogP contribution in [0.4, 0.5) is 5.69 Å². The summed E-state index contributed by atoms with van der Waals surface area (Å²) in [6.07, 6.45) is 14.8. The highest BCUT2D eigenvalue weighted by atomic mass is 16.6. The fourth-order valence-electron chi connectivity index (χ4n) is 7.78. The van der Waals surface area contributed by atoms with Gasteiger partial charge in [-0.15, -0.1) is 11.7 Å². The number of cyclic esters (lactones) is 1. The predicted octanol–water partition coefficient (Wildman–Crippen LogP) is 4.54. The Morgan fingerprint density at radius 2 is 1.98 bits per heavy atom. The molecule has 2 heterocycles. The summed E-state index contributed by atoms with van der Waals surface area (Å²) in [4.78, 5) is 29.8. The first-order chi connectivity index (χ1) is 24.1. The molecule has 1 saturated heterocycles. The second kappa shape index (κ2) is 18.7. The van der Waals surface area contributed by atoms with Crippen LogP contribution in [-0.2, 0) is 30.3 Å². The number of anilines is 1. The maximum Gasteiger partial charge on any atom is 0.316 e. The summed E-state index contributed by atoms with van der Waals surface area (Å²) in [6, 6.07) is 7.09. The minimum atomic E-state index is -1.15. The summed E-state index contributed by atoms with van der Waals surface area (Å²) < 4.78 is 20.4. The van der Waals surface area contributed by atoms with Gasteiger partial charge in [-0.05, 0) is 90.3 Å². The van der Waals surface area contributed by atoms with Gasteiger partial charge in [0, 0.05) is 43.4 Å². The average Bonchev–Trinajstić information content (AvgIpc) is 3.58. The molecule has 51 heavy (non-hydrogen) atoms. The van der Waals surface area contributed by atoms with Crippen LogP contribution in [0.25, 0.3) is 11.3 Å². The van der Waals surface area contributed by atoms with Crippen LogP contribution in [0.3, 0.4) is 0 Å². The standard InChI is InChI=1S/C39H61BN6O5/c1-11-17-32-36(42-20-14-15-21-46-25-31(43-44-46)29-18-16-19-30(41)22-29)39(8,50-13-3)33(12-2)51-37(48)28(6)34(47)27(5)35(40)38(7,49-10)23-26(4)24-45(32)9/h3,11,16,18-19,22,25-28,32-33,35-36,42H,1,12,14-15,17,20-21,23-24,40-41H2,2,4-10H3/t26-,27+,28-,32-,33-,35-,36-,38-,39-/m1/s1. The number of benzene rings is 1. The molecule has 1 aliphatic rings. The van der Waals surface area contributed by atoms with Gasteiger partial charge in [-0.2, -0.15) is 0 Å². The third-order valence-electron chi connectivity index (χ3n) is 11.2. The third kappa shape index (κ3) is 10.2. The van der Waals surface area contributed by atoms with Crippen molar-refractivity contribution in [1.82, 2.24) is 25.2 Å². The molecule has 0 saturated carbocycles. The van der Waals surface area contributed by atoms with E-state index in [4.69, 9.17) is 26.4 Å². The largest absolute Gasteiger partial charge is 0.457 e. The molecule has 0 radical (unpaired) electrons. The van der Waals surface area contributed by atoms with Gasteiger partial charge in [-0.3, -0.25) is 14.3 Å². The molecule has 1 aromatic heterocycles. The summed E-state index contributed by atoms with van der Waals surface area (Å²) in [5, 5.41) is 12.4. The Bertz CT molecular complexity index is 1500. The molecule has 0 unspecified atom stereocenters. The molecule has 0 spiro atoms. The zero-order chi connectivity index (χ0) is 37.9. The smallest absolute Gasteiger partial charge is 0.316 e. The van der Waals surface area contributed by atoms with Gasteiger partial charge in [0.05, 0.1) is 17.8 Å². The number of carbonyl (C=O) groups is 2. The number of methoxy groups -OCH3 is 1. The van der Waals surface area contributed by atoms with Crippen molar-refractivity contribution in [2.75, 3.05) is 33.0 Å². The Kier molecular flexibility index (Phi) is 15.3. The van der Waals surface area contributed by atoms with Crippen molar-refractivity contribution in [3.05, 3.63) is 43.1 Å². The summed E-state index contributed by atoms with van der Waals surface area (Å²) in [6.45, 7) is 17.8. The van der Waals surface area contributed by atoms with Crippen LogP contribution in [0.15, 0.2) is 43.1 Å². The average molecular weight is 705 g/mol. The molecule has 1 fully saturated rings. The van der Waals surface area contributed by atoms with Crippen molar-refractivity contribution in [3.63, 3.8) is 0 Å². The predicted molar refractivity (Wildman–Crippen MR) is 205 cm³/mol. The number of ketones is 1. The highest BCUT2D eigenvalue weighted by molar-refractivity contribution is 6.15. The number of aromatic nitrogens is 3. The van der Waals surface area contributed by atoms with Crippen LogP contribution >= 0.6 is 0 Å². The number of ether oxygens (including phenoxy) is 3. The lowest BCUT2D eigenvalue weighted by Crippen LogP contribution is -2.66. The normalized spacial score (nSPS) is 31.5. The summed E-state index contributed by atoms with van der Waals surface area (Å²) in [5.74, 6) is -2.08. The molecular formula is C39H61BN6O5. The molecule has 0 aliphatic carbocycles. The maximum atomic E-state index is 13.8. The van der Waals surface area contributed by atoms with Crippen LogP contribution in [0, 0.1) is 30.3 Å². The number of terminal acetylenes is 1. The van der Waals surface area contributed by atoms with E-state index in [0.717, 1.165) is 37.1 Å². The van der Waals surface area contributed by atoms with Crippen molar-refractivity contribution >= 4 is 25.3 Å². The third-order valence-corrected chi connectivity index (χ3v) is 11.2. The van der Waals surface area contributed by atoms with E-state index in [1.54, 1.807) is 14.0 Å². The Labute approximate surface area is 306 Å². The van der Waals surface area contributed by atoms with Crippen LogP contribution in [0.2, 0.25) is 5.82 Å². The molecule has 0 amide bonds. The molecule has 3 N–H and O–H groups in total. The van der Waals surface area contributed by atoms with Crippen LogP contribution < -0.4 is 11.1 Å². The molecule has 11 nitrogen and oxygen atoms in total. The number of unbranched alkanes of at least 4 members (excludes halogenated alkanes) is 1. The summed E-state index contributed by atoms with van der Waals surface area (Å²) in [7, 11) is 5.84. The van der Waals surface area contributed by atoms with Crippen molar-refractivity contribution < 1.29 is 23.8 Å². The topological polar surface area (TPSA) is 134 Å². The van der Waals surface area contributed by atoms with Crippen molar-refractivity contribution in [3.8, 4) is 23.8 Å². The van der Waals surface area contributed by atoms with Gasteiger partial charge < -0.3 is 30.2 Å². The second-order valence-electron chi connectivity index (χ2n) is 14.9. The molecule has 2 aromatic rings. The van der Waals surface area contributed by atoms with E-state index in [0.29, 0.717) is 31.6 Å². The van der Waals surface area contributed by atoms with E-state index in [1.165, 1.54) is 0 Å². The quantitative estimate of drug-likeness (QED) is 0.0618. The number of carbonyl (C=O) groups excluding carboxylic acids is 2. The fraction of sp³-hybridized carbons (Fsp3) is 0.641. The number of aryl methyl sites for hydroxylation is 1. The van der Waals surface area contributed by atoms with Crippen molar-refractivity contribution in [2.24, 2.45) is 17.8 Å². The lowest BCUT2D eigenvalue weighted by atomic mass is 9.62. The molecular weight excluding hydrogens is 643 g/mol. The Morgan fingerprint density at radius 3 is 2.61 bits per heavy atom.